The number of benzene rings is 7. The summed E-state index contributed by atoms with van der Waals surface area (Å²) in [5.41, 5.74) is 5.41. The summed E-state index contributed by atoms with van der Waals surface area (Å²) in [6, 6.07) is 51.1. The maximum absolute atomic E-state index is 3.91. The Morgan fingerprint density at radius 2 is 0.825 bits per heavy atom. The monoisotopic (exact) mass is 526 g/mol. The minimum atomic E-state index is -2.33. The Morgan fingerprint density at radius 3 is 1.30 bits per heavy atom. The fraction of sp³-hybridized carbons (Fsp3) is 0.0769. The van der Waals surface area contributed by atoms with E-state index in [4.69, 9.17) is 0 Å². The summed E-state index contributed by atoms with van der Waals surface area (Å²) >= 11 is 0. The summed E-state index contributed by atoms with van der Waals surface area (Å²) in [7, 11) is -2.33. The summed E-state index contributed by atoms with van der Waals surface area (Å²) in [5.74, 6) is 3.67. The Labute approximate surface area is 236 Å². The largest absolute Gasteiger partial charge is 0.202 e. The molecule has 7 aromatic carbocycles. The van der Waals surface area contributed by atoms with Gasteiger partial charge in [-0.1, -0.05) is 111 Å². The molecule has 0 amide bonds. The topological polar surface area (TPSA) is 0 Å². The molecule has 0 aliphatic heterocycles. The number of rotatable bonds is 3. The molecule has 0 bridgehead atoms. The van der Waals surface area contributed by atoms with Crippen molar-refractivity contribution in [1.29, 1.82) is 0 Å². The maximum Gasteiger partial charge on any atom is 0.202 e. The van der Waals surface area contributed by atoms with Gasteiger partial charge in [0.1, 0.15) is 0 Å². The predicted molar refractivity (Wildman–Crippen MR) is 176 cm³/mol. The molecule has 0 nitrogen and oxygen atoms in total. The van der Waals surface area contributed by atoms with Crippen LogP contribution in [0.3, 0.4) is 0 Å². The SMILES string of the molecule is CC(C)[Si](C#Cc1ccc2cc3cc4cc5ccccc5cc4cc3cc2c1)(c1ccccc1)c1ccccc1. The van der Waals surface area contributed by atoms with E-state index >= 15 is 0 Å². The molecule has 0 saturated heterocycles. The molecule has 0 aliphatic carbocycles. The van der Waals surface area contributed by atoms with Crippen LogP contribution in [0, 0.1) is 11.5 Å². The molecule has 0 aromatic heterocycles. The van der Waals surface area contributed by atoms with Crippen LogP contribution in [0.4, 0.5) is 0 Å². The van der Waals surface area contributed by atoms with Crippen molar-refractivity contribution in [3.63, 3.8) is 0 Å². The zero-order valence-electron chi connectivity index (χ0n) is 22.9. The lowest BCUT2D eigenvalue weighted by molar-refractivity contribution is 1.04. The van der Waals surface area contributed by atoms with Crippen LogP contribution in [0.5, 0.6) is 0 Å². The summed E-state index contributed by atoms with van der Waals surface area (Å²) < 4.78 is 0. The molecule has 0 N–H and O–H groups in total. The molecule has 190 valence electrons. The van der Waals surface area contributed by atoms with Gasteiger partial charge in [-0.05, 0) is 108 Å². The van der Waals surface area contributed by atoms with Crippen molar-refractivity contribution in [3.05, 3.63) is 145 Å². The van der Waals surface area contributed by atoms with Crippen molar-refractivity contribution in [2.75, 3.05) is 0 Å². The number of hydrogen-bond donors (Lipinski definition) is 0. The first kappa shape index (κ1) is 24.4. The molecule has 0 saturated carbocycles. The molecule has 0 heterocycles. The van der Waals surface area contributed by atoms with Crippen molar-refractivity contribution in [1.82, 2.24) is 0 Å². The summed E-state index contributed by atoms with van der Waals surface area (Å²) in [6.07, 6.45) is 0. The first-order valence-electron chi connectivity index (χ1n) is 14.0. The highest BCUT2D eigenvalue weighted by Crippen LogP contribution is 2.30. The fourth-order valence-electron chi connectivity index (χ4n) is 6.22. The van der Waals surface area contributed by atoms with E-state index in [-0.39, 0.29) is 0 Å². The van der Waals surface area contributed by atoms with Crippen LogP contribution in [-0.2, 0) is 0 Å². The highest BCUT2D eigenvalue weighted by atomic mass is 28.3. The van der Waals surface area contributed by atoms with Gasteiger partial charge in [0, 0.05) is 5.56 Å². The van der Waals surface area contributed by atoms with E-state index in [9.17, 15) is 0 Å². The lowest BCUT2D eigenvalue weighted by atomic mass is 9.97. The molecule has 40 heavy (non-hydrogen) atoms. The summed E-state index contributed by atoms with van der Waals surface area (Å²) in [5, 5.41) is 12.9. The molecular weight excluding hydrogens is 497 g/mol. The third-order valence-electron chi connectivity index (χ3n) is 8.34. The Kier molecular flexibility index (Phi) is 6.00. The summed E-state index contributed by atoms with van der Waals surface area (Å²) in [6.45, 7) is 4.67. The van der Waals surface area contributed by atoms with Gasteiger partial charge in [0.25, 0.3) is 0 Å². The number of hydrogen-bond acceptors (Lipinski definition) is 0. The summed E-state index contributed by atoms with van der Waals surface area (Å²) in [4.78, 5) is 0. The third kappa shape index (κ3) is 4.18. The Bertz CT molecular complexity index is 2040. The van der Waals surface area contributed by atoms with Crippen molar-refractivity contribution < 1.29 is 0 Å². The van der Waals surface area contributed by atoms with Crippen LogP contribution in [0.1, 0.15) is 19.4 Å². The van der Waals surface area contributed by atoms with Gasteiger partial charge in [-0.3, -0.25) is 0 Å². The van der Waals surface area contributed by atoms with Crippen molar-refractivity contribution in [3.8, 4) is 11.5 Å². The first-order valence-corrected chi connectivity index (χ1v) is 16.1. The van der Waals surface area contributed by atoms with E-state index in [1.807, 2.05) is 0 Å². The van der Waals surface area contributed by atoms with Crippen LogP contribution in [0.2, 0.25) is 5.54 Å². The smallest absolute Gasteiger partial charge is 0.114 e. The lowest BCUT2D eigenvalue weighted by Gasteiger charge is -2.31. The van der Waals surface area contributed by atoms with Gasteiger partial charge < -0.3 is 0 Å². The molecule has 0 aliphatic rings. The van der Waals surface area contributed by atoms with Crippen LogP contribution in [0.15, 0.2) is 140 Å². The quantitative estimate of drug-likeness (QED) is 0.123. The average molecular weight is 527 g/mol. The molecule has 0 atom stereocenters. The zero-order chi connectivity index (χ0) is 27.1. The Balaban J connectivity index is 1.37. The van der Waals surface area contributed by atoms with Gasteiger partial charge in [0.05, 0.1) is 0 Å². The van der Waals surface area contributed by atoms with E-state index in [1.54, 1.807) is 0 Å². The first-order chi connectivity index (χ1) is 19.6. The van der Waals surface area contributed by atoms with E-state index in [2.05, 4.69) is 165 Å². The highest BCUT2D eigenvalue weighted by Gasteiger charge is 2.39. The van der Waals surface area contributed by atoms with Gasteiger partial charge in [0.2, 0.25) is 8.07 Å². The predicted octanol–water partition coefficient (Wildman–Crippen LogP) is 8.86. The molecule has 0 spiro atoms. The second kappa shape index (κ2) is 9.83. The van der Waals surface area contributed by atoms with Crippen molar-refractivity contribution in [2.24, 2.45) is 0 Å². The van der Waals surface area contributed by atoms with Crippen molar-refractivity contribution >= 4 is 61.5 Å². The average Bonchev–Trinajstić information content (AvgIpc) is 2.99. The zero-order valence-corrected chi connectivity index (χ0v) is 23.9. The molecule has 0 radical (unpaired) electrons. The van der Waals surface area contributed by atoms with Gasteiger partial charge in [-0.2, -0.15) is 0 Å². The van der Waals surface area contributed by atoms with Crippen molar-refractivity contribution in [2.45, 2.75) is 19.4 Å². The molecule has 1 heteroatoms. The molecular formula is C39H30Si. The fourth-order valence-corrected chi connectivity index (χ4v) is 10.2. The van der Waals surface area contributed by atoms with Gasteiger partial charge in [-0.25, -0.2) is 0 Å². The van der Waals surface area contributed by atoms with E-state index in [0.29, 0.717) is 5.54 Å². The maximum atomic E-state index is 3.91. The standard InChI is InChI=1S/C39H30Si/c1-28(2)40(38-13-5-3-6-14-38,39-15-7-4-8-16-39)20-19-29-17-18-32-24-36-26-34-22-30-11-9-10-12-31(30)23-35(34)27-37(36)25-33(32)21-29/h3-18,21-28H,1-2H3. The van der Waals surface area contributed by atoms with E-state index < -0.39 is 8.07 Å². The lowest BCUT2D eigenvalue weighted by Crippen LogP contribution is -2.59. The minimum absolute atomic E-state index is 0.429. The Morgan fingerprint density at radius 1 is 0.425 bits per heavy atom. The molecule has 0 unspecified atom stereocenters. The minimum Gasteiger partial charge on any atom is -0.114 e. The van der Waals surface area contributed by atoms with Crippen LogP contribution in [-0.4, -0.2) is 8.07 Å². The molecule has 7 aromatic rings. The normalized spacial score (nSPS) is 11.8. The van der Waals surface area contributed by atoms with Crippen LogP contribution < -0.4 is 10.4 Å². The second-order valence-corrected chi connectivity index (χ2v) is 15.3. The van der Waals surface area contributed by atoms with E-state index in [1.165, 1.54) is 53.5 Å². The Hall–Kier alpha value is -4.64. The molecule has 0 fully saturated rings. The van der Waals surface area contributed by atoms with Crippen LogP contribution in [0.25, 0.3) is 43.1 Å². The molecule has 7 rings (SSSR count). The number of fused-ring (bicyclic) bond motifs is 4. The van der Waals surface area contributed by atoms with Gasteiger partial charge in [-0.15, -0.1) is 5.54 Å². The van der Waals surface area contributed by atoms with E-state index in [0.717, 1.165) is 5.56 Å². The third-order valence-corrected chi connectivity index (χ3v) is 13.1. The highest BCUT2D eigenvalue weighted by molar-refractivity contribution is 7.09. The van der Waals surface area contributed by atoms with Crippen LogP contribution >= 0.6 is 0 Å². The van der Waals surface area contributed by atoms with Gasteiger partial charge in [0.15, 0.2) is 0 Å². The second-order valence-electron chi connectivity index (χ2n) is 11.1. The van der Waals surface area contributed by atoms with Gasteiger partial charge >= 0.3 is 0 Å².